The maximum Gasteiger partial charge on any atom is 0.245 e. The van der Waals surface area contributed by atoms with Crippen molar-refractivity contribution >= 4 is 35.0 Å². The largest absolute Gasteiger partial charge is 0.379 e. The number of thiazole rings is 1. The molecule has 1 aliphatic heterocycles. The molecule has 308 valence electrons. The van der Waals surface area contributed by atoms with E-state index < -0.39 is 30.2 Å². The third-order valence-electron chi connectivity index (χ3n) is 11.3. The molecule has 1 aromatic carbocycles. The Bertz CT molecular complexity index is 1480. The summed E-state index contributed by atoms with van der Waals surface area (Å²) in [6, 6.07) is 7.83. The van der Waals surface area contributed by atoms with Crippen LogP contribution < -0.4 is 10.6 Å². The number of nitrogens with zero attached hydrogens (tertiary/aromatic N) is 4. The number of nitrogens with one attached hydrogen (secondary N) is 2. The first-order chi connectivity index (χ1) is 26.1. The number of carbonyl (C=O) groups is 4. The van der Waals surface area contributed by atoms with Crippen LogP contribution in [0.15, 0.2) is 41.9 Å². The molecule has 1 saturated heterocycles. The second-order valence-electron chi connectivity index (χ2n) is 16.1. The monoisotopic (exact) mass is 784 g/mol. The number of ether oxygens (including phenoxy) is 2. The Kier molecular flexibility index (Phi) is 18.2. The Morgan fingerprint density at radius 3 is 2.15 bits per heavy atom. The zero-order chi connectivity index (χ0) is 41.0. The van der Waals surface area contributed by atoms with E-state index in [-0.39, 0.29) is 65.9 Å². The van der Waals surface area contributed by atoms with E-state index in [1.807, 2.05) is 94.2 Å². The molecule has 1 aromatic heterocycles. The van der Waals surface area contributed by atoms with Crippen LogP contribution in [0, 0.1) is 23.7 Å². The highest BCUT2D eigenvalue weighted by Crippen LogP contribution is 2.30. The van der Waals surface area contributed by atoms with Crippen molar-refractivity contribution in [2.45, 2.75) is 123 Å². The van der Waals surface area contributed by atoms with Gasteiger partial charge in [0.2, 0.25) is 23.6 Å². The molecule has 12 nitrogen and oxygen atoms in total. The standard InChI is InChI=1S/C42H68N6O6S/c1-13-28(6)37(47(10)42(52)35(26(2)3)45-40(51)36(27(4)5)46(8)9)33(53-11)25-34(49)48-22-17-20-32(48)38(54-12)29(7)39(50)44-31(41-43-21-23-55-41)24-30-18-15-14-16-19-30/h14-16,18-19,21,23,26-29,31-33,35-38H,13,17,20,22,24-25H2,1-12H3,(H,44,50)(H,45,51)/t28-,29-,31+,32+,33+,35+,36+,37-,38-/m1/s1. The van der Waals surface area contributed by atoms with E-state index in [4.69, 9.17) is 9.47 Å². The molecular weight excluding hydrogens is 717 g/mol. The summed E-state index contributed by atoms with van der Waals surface area (Å²) < 4.78 is 12.1. The Morgan fingerprint density at radius 1 is 0.945 bits per heavy atom. The predicted octanol–water partition coefficient (Wildman–Crippen LogP) is 5.19. The van der Waals surface area contributed by atoms with Crippen LogP contribution in [-0.4, -0.2) is 122 Å². The molecule has 0 spiro atoms. The van der Waals surface area contributed by atoms with Crippen molar-refractivity contribution in [1.29, 1.82) is 0 Å². The highest BCUT2D eigenvalue weighted by molar-refractivity contribution is 7.09. The van der Waals surface area contributed by atoms with Gasteiger partial charge in [0.05, 0.1) is 48.7 Å². The van der Waals surface area contributed by atoms with Crippen molar-refractivity contribution in [1.82, 2.24) is 30.3 Å². The van der Waals surface area contributed by atoms with Crippen LogP contribution >= 0.6 is 11.3 Å². The first kappa shape index (κ1) is 46.0. The van der Waals surface area contributed by atoms with Crippen molar-refractivity contribution in [3.63, 3.8) is 0 Å². The van der Waals surface area contributed by atoms with Crippen LogP contribution in [0.1, 0.15) is 90.8 Å². The van der Waals surface area contributed by atoms with E-state index in [1.165, 1.54) is 11.3 Å². The van der Waals surface area contributed by atoms with E-state index in [1.54, 1.807) is 32.4 Å². The molecule has 9 atom stereocenters. The molecule has 0 aliphatic carbocycles. The minimum absolute atomic E-state index is 0.00751. The van der Waals surface area contributed by atoms with Crippen molar-refractivity contribution in [3.8, 4) is 0 Å². The Hall–Kier alpha value is -3.39. The molecule has 0 saturated carbocycles. The molecule has 4 amide bonds. The summed E-state index contributed by atoms with van der Waals surface area (Å²) in [7, 11) is 8.66. The number of carbonyl (C=O) groups excluding carboxylic acids is 4. The van der Waals surface area contributed by atoms with E-state index in [9.17, 15) is 19.2 Å². The predicted molar refractivity (Wildman–Crippen MR) is 218 cm³/mol. The van der Waals surface area contributed by atoms with Crippen LogP contribution in [0.3, 0.4) is 0 Å². The third-order valence-corrected chi connectivity index (χ3v) is 12.2. The van der Waals surface area contributed by atoms with Crippen LogP contribution in [0.25, 0.3) is 0 Å². The summed E-state index contributed by atoms with van der Waals surface area (Å²) in [5.41, 5.74) is 1.09. The van der Waals surface area contributed by atoms with Gasteiger partial charge in [-0.15, -0.1) is 11.3 Å². The topological polar surface area (TPSA) is 133 Å². The van der Waals surface area contributed by atoms with E-state index in [0.717, 1.165) is 23.4 Å². The fraction of sp³-hybridized carbons (Fsp3) is 0.690. The summed E-state index contributed by atoms with van der Waals surface area (Å²) in [5, 5.41) is 9.02. The second-order valence-corrected chi connectivity index (χ2v) is 17.0. The van der Waals surface area contributed by atoms with Gasteiger partial charge >= 0.3 is 0 Å². The first-order valence-electron chi connectivity index (χ1n) is 19.9. The Balaban J connectivity index is 1.79. The molecule has 0 radical (unpaired) electrons. The van der Waals surface area contributed by atoms with E-state index in [2.05, 4.69) is 29.5 Å². The van der Waals surface area contributed by atoms with Crippen molar-refractivity contribution in [2.75, 3.05) is 41.9 Å². The smallest absolute Gasteiger partial charge is 0.245 e. The van der Waals surface area contributed by atoms with Gasteiger partial charge in [-0.3, -0.25) is 24.1 Å². The van der Waals surface area contributed by atoms with Gasteiger partial charge in [0, 0.05) is 39.4 Å². The second kappa shape index (κ2) is 21.8. The molecule has 55 heavy (non-hydrogen) atoms. The molecule has 1 aliphatic rings. The summed E-state index contributed by atoms with van der Waals surface area (Å²) >= 11 is 1.51. The maximum absolute atomic E-state index is 14.3. The van der Waals surface area contributed by atoms with Crippen molar-refractivity contribution < 1.29 is 28.7 Å². The number of likely N-dealkylation sites (N-methyl/N-ethyl adjacent to an activating group) is 2. The lowest BCUT2D eigenvalue weighted by atomic mass is 9.89. The minimum Gasteiger partial charge on any atom is -0.379 e. The summed E-state index contributed by atoms with van der Waals surface area (Å²) in [5.74, 6) is -1.35. The molecule has 2 heterocycles. The number of hydrogen-bond acceptors (Lipinski definition) is 9. The summed E-state index contributed by atoms with van der Waals surface area (Å²) in [4.78, 5) is 65.8. The van der Waals surface area contributed by atoms with Crippen LogP contribution in [0.2, 0.25) is 0 Å². The van der Waals surface area contributed by atoms with Gasteiger partial charge in [-0.05, 0) is 56.7 Å². The molecule has 0 bridgehead atoms. The molecule has 0 unspecified atom stereocenters. The maximum atomic E-state index is 14.3. The molecule has 3 rings (SSSR count). The van der Waals surface area contributed by atoms with Crippen LogP contribution in [-0.2, 0) is 35.1 Å². The lowest BCUT2D eigenvalue weighted by Crippen LogP contribution is -2.59. The van der Waals surface area contributed by atoms with Gasteiger partial charge < -0.3 is 29.9 Å². The van der Waals surface area contributed by atoms with Gasteiger partial charge in [0.15, 0.2) is 0 Å². The van der Waals surface area contributed by atoms with Gasteiger partial charge in [0.25, 0.3) is 0 Å². The lowest BCUT2D eigenvalue weighted by molar-refractivity contribution is -0.148. The SMILES string of the molecule is CC[C@@H](C)[C@H]([C@H](CC(=O)N1CCC[C@H]1[C@H](OC)[C@@H](C)C(=O)N[C@@H](Cc1ccccc1)c1nccs1)OC)N(C)C(=O)[C@@H](NC(=O)[C@H](C(C)C)N(C)C)C(C)C. The first-order valence-corrected chi connectivity index (χ1v) is 20.8. The number of aromatic nitrogens is 1. The van der Waals surface area contributed by atoms with Gasteiger partial charge in [0.1, 0.15) is 11.0 Å². The minimum atomic E-state index is -0.751. The highest BCUT2D eigenvalue weighted by atomic mass is 32.1. The van der Waals surface area contributed by atoms with Crippen LogP contribution in [0.5, 0.6) is 0 Å². The van der Waals surface area contributed by atoms with Gasteiger partial charge in [-0.1, -0.05) is 85.2 Å². The normalized spacial score (nSPS) is 19.0. The van der Waals surface area contributed by atoms with E-state index in [0.29, 0.717) is 19.4 Å². The summed E-state index contributed by atoms with van der Waals surface area (Å²) in [6.45, 7) is 14.3. The zero-order valence-corrected chi connectivity index (χ0v) is 36.1. The molecule has 1 fully saturated rings. The number of amides is 4. The fourth-order valence-corrected chi connectivity index (χ4v) is 8.86. The average molecular weight is 785 g/mol. The molecule has 2 N–H and O–H groups in total. The van der Waals surface area contributed by atoms with Crippen molar-refractivity contribution in [2.24, 2.45) is 23.7 Å². The third kappa shape index (κ3) is 12.1. The van der Waals surface area contributed by atoms with Gasteiger partial charge in [-0.2, -0.15) is 0 Å². The number of rotatable bonds is 21. The van der Waals surface area contributed by atoms with E-state index >= 15 is 0 Å². The quantitative estimate of drug-likeness (QED) is 0.177. The number of likely N-dealkylation sites (tertiary alicyclic amines) is 1. The molecule has 13 heteroatoms. The zero-order valence-electron chi connectivity index (χ0n) is 35.3. The van der Waals surface area contributed by atoms with Crippen LogP contribution in [0.4, 0.5) is 0 Å². The molecular formula is C42H68N6O6S. The fourth-order valence-electron chi connectivity index (χ4n) is 8.17. The van der Waals surface area contributed by atoms with Gasteiger partial charge in [-0.25, -0.2) is 4.98 Å². The molecule has 2 aromatic rings. The Labute approximate surface area is 334 Å². The highest BCUT2D eigenvalue weighted by Gasteiger charge is 2.43. The summed E-state index contributed by atoms with van der Waals surface area (Å²) in [6.07, 6.45) is 3.49. The number of benzene rings is 1. The number of hydrogen-bond donors (Lipinski definition) is 2. The average Bonchev–Trinajstić information content (AvgIpc) is 3.87. The lowest BCUT2D eigenvalue weighted by Gasteiger charge is -2.41. The number of methoxy groups -OCH3 is 2. The Morgan fingerprint density at radius 2 is 1.62 bits per heavy atom. The van der Waals surface area contributed by atoms with Crippen molar-refractivity contribution in [3.05, 3.63) is 52.5 Å².